The molecule has 1 rings (SSSR count). The summed E-state index contributed by atoms with van der Waals surface area (Å²) in [4.78, 5) is 11.4. The van der Waals surface area contributed by atoms with Crippen molar-refractivity contribution in [1.29, 1.82) is 0 Å². The Labute approximate surface area is 113 Å². The van der Waals surface area contributed by atoms with E-state index in [1.54, 1.807) is 7.05 Å². The molecule has 0 amide bonds. The first-order valence-electron chi connectivity index (χ1n) is 6.32. The van der Waals surface area contributed by atoms with Crippen LogP contribution in [0.2, 0.25) is 0 Å². The van der Waals surface area contributed by atoms with Crippen LogP contribution in [0.5, 0.6) is 11.5 Å². The Hall–Kier alpha value is -1.75. The first kappa shape index (κ1) is 15.3. The number of likely N-dealkylation sites (N-methyl/N-ethyl adjacent to an activating group) is 1. The van der Waals surface area contributed by atoms with Crippen molar-refractivity contribution in [1.82, 2.24) is 5.32 Å². The molecule has 19 heavy (non-hydrogen) atoms. The van der Waals surface area contributed by atoms with E-state index in [0.717, 1.165) is 12.2 Å². The molecule has 0 heterocycles. The van der Waals surface area contributed by atoms with Crippen LogP contribution in [0.1, 0.15) is 13.3 Å². The molecule has 0 saturated carbocycles. The fourth-order valence-electron chi connectivity index (χ4n) is 1.44. The minimum atomic E-state index is -0.471. The van der Waals surface area contributed by atoms with Crippen LogP contribution in [-0.4, -0.2) is 39.4 Å². The van der Waals surface area contributed by atoms with E-state index < -0.39 is 6.04 Å². The average molecular weight is 267 g/mol. The van der Waals surface area contributed by atoms with Crippen molar-refractivity contribution in [3.63, 3.8) is 0 Å². The van der Waals surface area contributed by atoms with E-state index in [1.165, 1.54) is 7.11 Å². The maximum atomic E-state index is 11.4. The fraction of sp³-hybridized carbons (Fsp3) is 0.500. The van der Waals surface area contributed by atoms with Gasteiger partial charge in [-0.05, 0) is 37.7 Å². The predicted molar refractivity (Wildman–Crippen MR) is 72.6 cm³/mol. The van der Waals surface area contributed by atoms with Crippen LogP contribution in [0.3, 0.4) is 0 Å². The third-order valence-electron chi connectivity index (χ3n) is 2.55. The number of carbonyl (C=O) groups is 1. The van der Waals surface area contributed by atoms with Gasteiger partial charge in [-0.1, -0.05) is 6.92 Å². The number of esters is 1. The number of hydrogen-bond donors (Lipinski definition) is 1. The summed E-state index contributed by atoms with van der Waals surface area (Å²) in [5, 5.41) is 2.84. The lowest BCUT2D eigenvalue weighted by Crippen LogP contribution is -2.40. The first-order chi connectivity index (χ1) is 9.21. The van der Waals surface area contributed by atoms with Crippen LogP contribution in [-0.2, 0) is 9.53 Å². The molecule has 5 nitrogen and oxygen atoms in total. The summed E-state index contributed by atoms with van der Waals surface area (Å²) < 4.78 is 15.6. The van der Waals surface area contributed by atoms with E-state index in [9.17, 15) is 4.79 Å². The lowest BCUT2D eigenvalue weighted by Gasteiger charge is -2.14. The maximum Gasteiger partial charge on any atom is 0.326 e. The zero-order valence-electron chi connectivity index (χ0n) is 11.6. The predicted octanol–water partition coefficient (Wildman–Crippen LogP) is 1.62. The molecule has 0 radical (unpaired) electrons. The number of rotatable bonds is 8. The number of methoxy groups -OCH3 is 1. The second kappa shape index (κ2) is 8.37. The summed E-state index contributed by atoms with van der Waals surface area (Å²) >= 11 is 0. The van der Waals surface area contributed by atoms with E-state index in [2.05, 4.69) is 17.0 Å². The summed E-state index contributed by atoms with van der Waals surface area (Å²) in [6, 6.07) is 6.85. The Bertz CT molecular complexity index is 378. The molecule has 0 aliphatic rings. The second-order valence-corrected chi connectivity index (χ2v) is 4.00. The molecule has 1 N–H and O–H groups in total. The van der Waals surface area contributed by atoms with Gasteiger partial charge in [-0.25, -0.2) is 0 Å². The smallest absolute Gasteiger partial charge is 0.326 e. The van der Waals surface area contributed by atoms with E-state index in [4.69, 9.17) is 9.47 Å². The molecule has 0 saturated heterocycles. The van der Waals surface area contributed by atoms with Gasteiger partial charge in [-0.15, -0.1) is 0 Å². The molecule has 0 bridgehead atoms. The molecule has 1 aromatic carbocycles. The Kier molecular flexibility index (Phi) is 6.74. The molecule has 106 valence electrons. The van der Waals surface area contributed by atoms with E-state index in [-0.39, 0.29) is 12.6 Å². The highest BCUT2D eigenvalue weighted by Crippen LogP contribution is 2.17. The Morgan fingerprint density at radius 2 is 1.79 bits per heavy atom. The fourth-order valence-corrected chi connectivity index (χ4v) is 1.44. The molecular weight excluding hydrogens is 246 g/mol. The van der Waals surface area contributed by atoms with Gasteiger partial charge in [0.15, 0.2) is 0 Å². The molecule has 0 fully saturated rings. The molecule has 0 aliphatic heterocycles. The molecule has 0 aromatic heterocycles. The summed E-state index contributed by atoms with van der Waals surface area (Å²) in [5.41, 5.74) is 0. The van der Waals surface area contributed by atoms with Crippen molar-refractivity contribution < 1.29 is 19.0 Å². The summed E-state index contributed by atoms with van der Waals surface area (Å²) in [6.45, 7) is 2.98. The van der Waals surface area contributed by atoms with Gasteiger partial charge in [0.25, 0.3) is 0 Å². The third kappa shape index (κ3) is 5.18. The monoisotopic (exact) mass is 267 g/mol. The zero-order chi connectivity index (χ0) is 14.1. The quantitative estimate of drug-likeness (QED) is 0.725. The molecular formula is C14H21NO4. The Morgan fingerprint density at radius 1 is 1.21 bits per heavy atom. The van der Waals surface area contributed by atoms with Gasteiger partial charge in [0.1, 0.15) is 24.1 Å². The average Bonchev–Trinajstić information content (AvgIpc) is 2.46. The number of benzene rings is 1. The Morgan fingerprint density at radius 3 is 2.26 bits per heavy atom. The maximum absolute atomic E-state index is 11.4. The van der Waals surface area contributed by atoms with Gasteiger partial charge in [-0.3, -0.25) is 4.79 Å². The van der Waals surface area contributed by atoms with Gasteiger partial charge in [0.2, 0.25) is 0 Å². The lowest BCUT2D eigenvalue weighted by molar-refractivity contribution is -0.143. The molecule has 1 unspecified atom stereocenters. The first-order valence-corrected chi connectivity index (χ1v) is 6.32. The van der Waals surface area contributed by atoms with Crippen molar-refractivity contribution in [3.8, 4) is 11.5 Å². The highest BCUT2D eigenvalue weighted by Gasteiger charge is 2.17. The van der Waals surface area contributed by atoms with Crippen LogP contribution in [0.25, 0.3) is 0 Å². The normalized spacial score (nSPS) is 11.7. The van der Waals surface area contributed by atoms with Crippen molar-refractivity contribution in [3.05, 3.63) is 24.3 Å². The molecule has 5 heteroatoms. The zero-order valence-corrected chi connectivity index (χ0v) is 11.6. The number of carbonyl (C=O) groups excluding carboxylic acids is 1. The summed E-state index contributed by atoms with van der Waals surface area (Å²) in [7, 11) is 3.04. The van der Waals surface area contributed by atoms with Gasteiger partial charge < -0.3 is 19.5 Å². The van der Waals surface area contributed by atoms with Gasteiger partial charge >= 0.3 is 5.97 Å². The molecule has 0 spiro atoms. The standard InChI is InChI=1S/C14H21NO4/c1-4-9-18-11-5-7-12(8-6-11)19-10-13(15-2)14(16)17-3/h5-8,13,15H,4,9-10H2,1-3H3. The van der Waals surface area contributed by atoms with E-state index in [1.807, 2.05) is 24.3 Å². The van der Waals surface area contributed by atoms with Crippen LogP contribution in [0.4, 0.5) is 0 Å². The summed E-state index contributed by atoms with van der Waals surface area (Å²) in [5.74, 6) is 1.16. The Balaban J connectivity index is 2.46. The van der Waals surface area contributed by atoms with Crippen molar-refractivity contribution in [2.75, 3.05) is 27.4 Å². The highest BCUT2D eigenvalue weighted by atomic mass is 16.5. The van der Waals surface area contributed by atoms with Crippen LogP contribution in [0, 0.1) is 0 Å². The lowest BCUT2D eigenvalue weighted by atomic mass is 10.3. The number of hydrogen-bond acceptors (Lipinski definition) is 5. The highest BCUT2D eigenvalue weighted by molar-refractivity contribution is 5.75. The van der Waals surface area contributed by atoms with E-state index in [0.29, 0.717) is 12.4 Å². The van der Waals surface area contributed by atoms with Crippen LogP contribution < -0.4 is 14.8 Å². The molecule has 1 atom stereocenters. The molecule has 0 aliphatic carbocycles. The summed E-state index contributed by atoms with van der Waals surface area (Å²) in [6.07, 6.45) is 0.973. The van der Waals surface area contributed by atoms with Gasteiger partial charge in [-0.2, -0.15) is 0 Å². The third-order valence-corrected chi connectivity index (χ3v) is 2.55. The van der Waals surface area contributed by atoms with Crippen LogP contribution >= 0.6 is 0 Å². The minimum Gasteiger partial charge on any atom is -0.494 e. The van der Waals surface area contributed by atoms with Gasteiger partial charge in [0.05, 0.1) is 13.7 Å². The van der Waals surface area contributed by atoms with E-state index >= 15 is 0 Å². The van der Waals surface area contributed by atoms with Crippen LogP contribution in [0.15, 0.2) is 24.3 Å². The largest absolute Gasteiger partial charge is 0.494 e. The van der Waals surface area contributed by atoms with Crippen molar-refractivity contribution in [2.24, 2.45) is 0 Å². The topological polar surface area (TPSA) is 56.8 Å². The SMILES string of the molecule is CCCOc1ccc(OCC(NC)C(=O)OC)cc1. The molecule has 1 aromatic rings. The number of nitrogens with one attached hydrogen (secondary N) is 1. The minimum absolute atomic E-state index is 0.221. The van der Waals surface area contributed by atoms with Crippen molar-refractivity contribution in [2.45, 2.75) is 19.4 Å². The number of ether oxygens (including phenoxy) is 3. The van der Waals surface area contributed by atoms with Crippen molar-refractivity contribution >= 4 is 5.97 Å². The second-order valence-electron chi connectivity index (χ2n) is 4.00. The van der Waals surface area contributed by atoms with Gasteiger partial charge in [0, 0.05) is 0 Å².